The minimum atomic E-state index is -0.231. The van der Waals surface area contributed by atoms with Crippen molar-refractivity contribution in [1.29, 1.82) is 0 Å². The van der Waals surface area contributed by atoms with Crippen molar-refractivity contribution in [3.63, 3.8) is 0 Å². The van der Waals surface area contributed by atoms with E-state index in [1.54, 1.807) is 0 Å². The normalized spacial score (nSPS) is 28.1. The van der Waals surface area contributed by atoms with Crippen LogP contribution in [-0.2, 0) is 9.47 Å². The zero-order valence-electron chi connectivity index (χ0n) is 15.5. The molecule has 26 heavy (non-hydrogen) atoms. The van der Waals surface area contributed by atoms with Gasteiger partial charge in [-0.25, -0.2) is 4.79 Å². The molecule has 144 valence electrons. The molecule has 1 aromatic carbocycles. The van der Waals surface area contributed by atoms with Crippen LogP contribution < -0.4 is 5.32 Å². The van der Waals surface area contributed by atoms with Crippen LogP contribution in [0, 0.1) is 11.8 Å². The van der Waals surface area contributed by atoms with Gasteiger partial charge >= 0.3 is 5.97 Å². The lowest BCUT2D eigenvalue weighted by atomic mass is 9.70. The first-order chi connectivity index (χ1) is 12.3. The summed E-state index contributed by atoms with van der Waals surface area (Å²) in [7, 11) is 0. The minimum Gasteiger partial charge on any atom is -0.462 e. The van der Waals surface area contributed by atoms with E-state index in [4.69, 9.17) is 9.47 Å². The number of rotatable bonds is 3. The van der Waals surface area contributed by atoms with Gasteiger partial charge in [-0.3, -0.25) is 0 Å². The van der Waals surface area contributed by atoms with Crippen molar-refractivity contribution in [3.8, 4) is 0 Å². The van der Waals surface area contributed by atoms with Gasteiger partial charge in [0, 0.05) is 29.8 Å². The fraction of sp³-hybridized carbons (Fsp3) is 0.667. The van der Waals surface area contributed by atoms with E-state index in [1.165, 1.54) is 38.5 Å². The third-order valence-electron chi connectivity index (χ3n) is 6.20. The van der Waals surface area contributed by atoms with E-state index in [0.717, 1.165) is 30.2 Å². The maximum atomic E-state index is 12.5. The lowest BCUT2D eigenvalue weighted by Gasteiger charge is -2.47. The highest BCUT2D eigenvalue weighted by Crippen LogP contribution is 2.48. The fourth-order valence-electron chi connectivity index (χ4n) is 5.10. The number of halogens is 1. The largest absolute Gasteiger partial charge is 0.462 e. The first kappa shape index (κ1) is 19.5. The van der Waals surface area contributed by atoms with Crippen LogP contribution in [0.1, 0.15) is 73.9 Å². The summed E-state index contributed by atoms with van der Waals surface area (Å²) in [4.78, 5) is 12.5. The molecule has 4 rings (SSSR count). The first-order valence-corrected chi connectivity index (χ1v) is 9.97. The van der Waals surface area contributed by atoms with Gasteiger partial charge in [0.1, 0.15) is 0 Å². The summed E-state index contributed by atoms with van der Waals surface area (Å²) in [6.07, 6.45) is 9.00. The maximum Gasteiger partial charge on any atom is 0.338 e. The Balaban J connectivity index is 0.00000196. The highest BCUT2D eigenvalue weighted by atomic mass is 35.5. The molecule has 3 aliphatic rings. The second kappa shape index (κ2) is 8.62. The van der Waals surface area contributed by atoms with Crippen molar-refractivity contribution in [3.05, 3.63) is 29.3 Å². The van der Waals surface area contributed by atoms with Crippen LogP contribution in [0.25, 0.3) is 0 Å². The van der Waals surface area contributed by atoms with Crippen molar-refractivity contribution < 1.29 is 14.3 Å². The summed E-state index contributed by atoms with van der Waals surface area (Å²) in [5.41, 5.74) is 2.77. The quantitative estimate of drug-likeness (QED) is 0.740. The first-order valence-electron chi connectivity index (χ1n) is 9.97. The molecule has 1 aromatic rings. The van der Waals surface area contributed by atoms with E-state index in [2.05, 4.69) is 11.4 Å². The van der Waals surface area contributed by atoms with Gasteiger partial charge in [0.25, 0.3) is 0 Å². The number of carbonyl (C=O) groups excluding carboxylic acids is 1. The Kier molecular flexibility index (Phi) is 6.46. The molecule has 1 saturated carbocycles. The van der Waals surface area contributed by atoms with Crippen LogP contribution in [0.3, 0.4) is 0 Å². The van der Waals surface area contributed by atoms with Crippen LogP contribution in [0.2, 0.25) is 0 Å². The van der Waals surface area contributed by atoms with Gasteiger partial charge in [-0.1, -0.05) is 25.3 Å². The molecule has 0 radical (unpaired) electrons. The molecule has 0 amide bonds. The monoisotopic (exact) mass is 379 g/mol. The zero-order chi connectivity index (χ0) is 17.2. The fourth-order valence-corrected chi connectivity index (χ4v) is 5.10. The lowest BCUT2D eigenvalue weighted by Crippen LogP contribution is -2.46. The smallest absolute Gasteiger partial charge is 0.338 e. The molecule has 0 bridgehead atoms. The number of nitrogens with one attached hydrogen (secondary N) is 1. The highest BCUT2D eigenvalue weighted by Gasteiger charge is 2.44. The molecule has 2 aliphatic heterocycles. The minimum absolute atomic E-state index is 0. The average Bonchev–Trinajstić information content (AvgIpc) is 2.67. The van der Waals surface area contributed by atoms with Crippen molar-refractivity contribution >= 4 is 24.1 Å². The molecule has 2 fully saturated rings. The van der Waals surface area contributed by atoms with Crippen molar-refractivity contribution in [1.82, 2.24) is 0 Å². The van der Waals surface area contributed by atoms with E-state index in [-0.39, 0.29) is 24.5 Å². The third-order valence-corrected chi connectivity index (χ3v) is 6.20. The third kappa shape index (κ3) is 3.59. The molecule has 1 saturated heterocycles. The zero-order valence-corrected chi connectivity index (χ0v) is 16.4. The Labute approximate surface area is 162 Å². The maximum absolute atomic E-state index is 12.5. The predicted molar refractivity (Wildman–Crippen MR) is 105 cm³/mol. The van der Waals surface area contributed by atoms with Crippen LogP contribution >= 0.6 is 12.4 Å². The summed E-state index contributed by atoms with van der Waals surface area (Å²) >= 11 is 0. The number of anilines is 1. The van der Waals surface area contributed by atoms with E-state index >= 15 is 0 Å². The molecular weight excluding hydrogens is 350 g/mol. The standard InChI is InChI=1S/C21H29NO3.ClH/c1-2-24-21(23)15-10-6-12-17-18(15)20-16(11-7-13-25-20)19(22-17)14-8-4-3-5-9-14;/h6,10,12,14,16,19-20,22H,2-5,7-9,11,13H2,1H3;1H/t16-,19+,20-;/m0./s1. The Hall–Kier alpha value is -1.26. The molecule has 2 heterocycles. The van der Waals surface area contributed by atoms with Gasteiger partial charge < -0.3 is 14.8 Å². The van der Waals surface area contributed by atoms with Crippen molar-refractivity contribution in [2.24, 2.45) is 11.8 Å². The van der Waals surface area contributed by atoms with Crippen LogP contribution in [0.5, 0.6) is 0 Å². The molecule has 5 heteroatoms. The molecule has 3 atom stereocenters. The summed E-state index contributed by atoms with van der Waals surface area (Å²) < 4.78 is 11.5. The van der Waals surface area contributed by atoms with Crippen LogP contribution in [0.15, 0.2) is 18.2 Å². The van der Waals surface area contributed by atoms with E-state index in [1.807, 2.05) is 19.1 Å². The van der Waals surface area contributed by atoms with Gasteiger partial charge in [0.15, 0.2) is 0 Å². The Morgan fingerprint density at radius 2 is 2.00 bits per heavy atom. The second-order valence-corrected chi connectivity index (χ2v) is 7.65. The average molecular weight is 380 g/mol. The van der Waals surface area contributed by atoms with Gasteiger partial charge in [-0.2, -0.15) is 0 Å². The molecule has 0 aromatic heterocycles. The number of benzene rings is 1. The predicted octanol–water partition coefficient (Wildman–Crippen LogP) is 5.13. The van der Waals surface area contributed by atoms with E-state index < -0.39 is 0 Å². The van der Waals surface area contributed by atoms with E-state index in [9.17, 15) is 4.79 Å². The number of ether oxygens (including phenoxy) is 2. The number of esters is 1. The highest BCUT2D eigenvalue weighted by molar-refractivity contribution is 5.93. The molecule has 0 spiro atoms. The molecule has 1 aliphatic carbocycles. The molecule has 0 unspecified atom stereocenters. The van der Waals surface area contributed by atoms with Gasteiger partial charge in [-0.05, 0) is 50.7 Å². The number of carbonyl (C=O) groups is 1. The number of hydrogen-bond acceptors (Lipinski definition) is 4. The molecule has 4 nitrogen and oxygen atoms in total. The molecular formula is C21H30ClNO3. The molecule has 1 N–H and O–H groups in total. The Bertz CT molecular complexity index is 630. The lowest BCUT2D eigenvalue weighted by molar-refractivity contribution is -0.0464. The van der Waals surface area contributed by atoms with Crippen molar-refractivity contribution in [2.75, 3.05) is 18.5 Å². The van der Waals surface area contributed by atoms with Crippen LogP contribution in [-0.4, -0.2) is 25.2 Å². The van der Waals surface area contributed by atoms with Gasteiger partial charge in [-0.15, -0.1) is 12.4 Å². The second-order valence-electron chi connectivity index (χ2n) is 7.65. The SMILES string of the molecule is CCOC(=O)c1cccc2c1[C@H]1OCCC[C@H]1[C@@H](C1CCCCC1)N2.Cl. The topological polar surface area (TPSA) is 47.6 Å². The Morgan fingerprint density at radius 3 is 2.77 bits per heavy atom. The summed E-state index contributed by atoms with van der Waals surface area (Å²) in [6.45, 7) is 3.04. The number of fused-ring (bicyclic) bond motifs is 3. The Morgan fingerprint density at radius 1 is 1.19 bits per heavy atom. The summed E-state index contributed by atoms with van der Waals surface area (Å²) in [6, 6.07) is 6.41. The summed E-state index contributed by atoms with van der Waals surface area (Å²) in [5.74, 6) is 0.951. The van der Waals surface area contributed by atoms with Gasteiger partial charge in [0.05, 0.1) is 18.3 Å². The summed E-state index contributed by atoms with van der Waals surface area (Å²) in [5, 5.41) is 3.82. The number of hydrogen-bond donors (Lipinski definition) is 1. The van der Waals surface area contributed by atoms with Gasteiger partial charge in [0.2, 0.25) is 0 Å². The van der Waals surface area contributed by atoms with Crippen LogP contribution in [0.4, 0.5) is 5.69 Å². The van der Waals surface area contributed by atoms with E-state index in [0.29, 0.717) is 24.1 Å². The van der Waals surface area contributed by atoms with Crippen molar-refractivity contribution in [2.45, 2.75) is 64.0 Å².